The second kappa shape index (κ2) is 44.1. The number of aromatic nitrogens is 3. The number of rotatable bonds is 13. The second-order valence-corrected chi connectivity index (χ2v) is 37.7. The van der Waals surface area contributed by atoms with Gasteiger partial charge in [0.1, 0.15) is 22.6 Å². The first-order valence-corrected chi connectivity index (χ1v) is 40.6. The minimum Gasteiger partial charge on any atom is -0.444 e. The number of hydrogen-bond donors (Lipinski definition) is 3. The maximum Gasteiger partial charge on any atom is 0.410 e. The Kier molecular flexibility index (Phi) is 39.0. The summed E-state index contributed by atoms with van der Waals surface area (Å²) in [5.41, 5.74) is 13.2. The Bertz CT molecular complexity index is 3390. The maximum absolute atomic E-state index is 12.1. The molecule has 6 fully saturated rings. The molecular weight excluding hydrogens is 1440 g/mol. The van der Waals surface area contributed by atoms with Gasteiger partial charge in [-0.3, -0.25) is 0 Å². The minimum absolute atomic E-state index is 0.0359. The SMILES string of the molecule is CC(C)(C)OC(=O)N1CCCC(C#N)C1.CC(C)(C)OC(=O)N1CCCC(C(C)(C)N)C1.CN(C)C(C)(C)C1CCCN(C(=O)OC(C)(C)C)C1.CN(C)C(C)(C)C1CCCN(c2ccc(N)nc2)C1.CN(C)C(C)(C)C1CCCN(c2ccc([N+](=O)[O-])nc2)C1.CN(C)C(C)(C)C1CCCNC1.O=[N+]([O-])c1ccc(F)cn1. The third-order valence-electron chi connectivity index (χ3n) is 23.5. The van der Waals surface area contributed by atoms with Crippen molar-refractivity contribution in [2.75, 3.05) is 150 Å². The molecule has 29 heteroatoms. The van der Waals surface area contributed by atoms with Gasteiger partial charge in [-0.15, -0.1) is 0 Å². The molecule has 6 aliphatic heterocycles. The Balaban J connectivity index is 0.000000345. The number of nitrogens with zero attached hydrogens (tertiary/aromatic N) is 15. The quantitative estimate of drug-likeness (QED) is 0.0813. The predicted molar refractivity (Wildman–Crippen MR) is 452 cm³/mol. The molecule has 5 N–H and O–H groups in total. The second-order valence-electron chi connectivity index (χ2n) is 37.7. The molecule has 0 aliphatic carbocycles. The van der Waals surface area contributed by atoms with Crippen LogP contribution in [0.25, 0.3) is 0 Å². The van der Waals surface area contributed by atoms with Crippen LogP contribution in [0.2, 0.25) is 0 Å². The lowest BCUT2D eigenvalue weighted by Crippen LogP contribution is -2.53. The largest absolute Gasteiger partial charge is 0.444 e. The van der Waals surface area contributed by atoms with Crippen LogP contribution in [0, 0.1) is 72.9 Å². The first kappa shape index (κ1) is 99.8. The molecule has 0 saturated carbocycles. The summed E-state index contributed by atoms with van der Waals surface area (Å²) >= 11 is 0. The van der Waals surface area contributed by atoms with Gasteiger partial charge in [-0.05, 0) is 352 Å². The third-order valence-corrected chi connectivity index (χ3v) is 23.5. The number of pyridine rings is 3. The number of piperidine rings is 6. The first-order chi connectivity index (χ1) is 52.0. The number of likely N-dealkylation sites (tertiary alicyclic amines) is 3. The van der Waals surface area contributed by atoms with Crippen molar-refractivity contribution in [2.45, 2.75) is 253 Å². The van der Waals surface area contributed by atoms with Crippen LogP contribution in [-0.4, -0.2) is 257 Å². The zero-order chi connectivity index (χ0) is 86.0. The molecule has 0 bridgehead atoms. The third kappa shape index (κ3) is 34.2. The molecule has 28 nitrogen and oxygen atoms in total. The standard InChI is InChI=1S/C15H24N4O2.C15H26N4.C15H30N2O2.C13H26N2O2.C11H18N2O2.C10H22N2.C5H3FN2O2/c1-15(2,17(3)4)12-6-5-9-18(11-12)13-7-8-14(16-10-13)19(20)21;1-15(2,18(3)4)12-6-5-9-19(11-12)13-7-8-14(16)17-10-13;1-14(2,3)19-13(18)17-10-8-9-12(11-17)15(4,5)16(6)7;1-12(2,3)17-11(16)15-8-6-7-10(9-15)13(4,5)14;1-11(2,3)15-10(14)13-6-4-5-9(7-12)8-13;1-10(2,12(3)4)9-6-5-7-11-8-9;6-4-1-2-5(7-3-4)8(9)10/h7-8,10,12H,5-6,9,11H2,1-4H3;7-8,10,12H,5-6,9,11H2,1-4H3,(H2,16,17);12H,8-11H2,1-7H3;10H,6-9,14H2,1-5H3;9H,4-6,8H2,1-3H3;9,11H,5-8H2,1-4H3;1-3H. The van der Waals surface area contributed by atoms with Gasteiger partial charge >= 0.3 is 29.9 Å². The number of ether oxygens (including phenoxy) is 3. The smallest absolute Gasteiger partial charge is 0.410 e. The van der Waals surface area contributed by atoms with Crippen LogP contribution in [0.4, 0.5) is 47.6 Å². The highest BCUT2D eigenvalue weighted by Crippen LogP contribution is 2.36. The van der Waals surface area contributed by atoms with Crippen molar-refractivity contribution in [2.24, 2.45) is 41.2 Å². The monoisotopic (exact) mass is 1590 g/mol. The number of carbonyl (C=O) groups excluding carboxylic acids is 3. The van der Waals surface area contributed by atoms with E-state index in [1.165, 1.54) is 63.4 Å². The molecule has 6 aliphatic rings. The van der Waals surface area contributed by atoms with Crippen LogP contribution in [0.1, 0.15) is 209 Å². The normalized spacial score (nSPS) is 20.8. The van der Waals surface area contributed by atoms with E-state index >= 15 is 0 Å². The van der Waals surface area contributed by atoms with Crippen LogP contribution < -0.4 is 26.6 Å². The van der Waals surface area contributed by atoms with E-state index in [1.807, 2.05) is 93.3 Å². The van der Waals surface area contributed by atoms with Crippen molar-refractivity contribution in [1.29, 1.82) is 5.26 Å². The highest BCUT2D eigenvalue weighted by molar-refractivity contribution is 5.69. The van der Waals surface area contributed by atoms with E-state index in [0.29, 0.717) is 54.7 Å². The number of anilines is 3. The van der Waals surface area contributed by atoms with E-state index < -0.39 is 32.5 Å². The molecule has 3 amide bonds. The summed E-state index contributed by atoms with van der Waals surface area (Å²) in [6.07, 6.45) is 17.3. The lowest BCUT2D eigenvalue weighted by atomic mass is 9.80. The van der Waals surface area contributed by atoms with Gasteiger partial charge in [-0.25, -0.2) is 23.8 Å². The van der Waals surface area contributed by atoms with Gasteiger partial charge < -0.3 is 95.3 Å². The molecule has 0 aromatic carbocycles. The lowest BCUT2D eigenvalue weighted by Gasteiger charge is -2.45. The molecule has 642 valence electrons. The van der Waals surface area contributed by atoms with Crippen molar-refractivity contribution < 1.29 is 42.8 Å². The Morgan fingerprint density at radius 3 is 1.14 bits per heavy atom. The number of nitrogens with one attached hydrogen (secondary N) is 1. The Morgan fingerprint density at radius 1 is 0.478 bits per heavy atom. The summed E-state index contributed by atoms with van der Waals surface area (Å²) in [6.45, 7) is 50.2. The Hall–Kier alpha value is -7.36. The molecule has 9 rings (SSSR count). The van der Waals surface area contributed by atoms with Crippen LogP contribution in [0.5, 0.6) is 0 Å². The van der Waals surface area contributed by atoms with E-state index in [2.05, 4.69) is 174 Å². The van der Waals surface area contributed by atoms with Gasteiger partial charge in [0, 0.05) is 105 Å². The number of carbonyl (C=O) groups is 3. The molecule has 0 spiro atoms. The molecule has 3 aromatic heterocycles. The van der Waals surface area contributed by atoms with E-state index in [0.717, 1.165) is 114 Å². The molecule has 3 aromatic rings. The van der Waals surface area contributed by atoms with E-state index in [1.54, 1.807) is 22.1 Å². The first-order valence-electron chi connectivity index (χ1n) is 40.6. The average molecular weight is 1590 g/mol. The summed E-state index contributed by atoms with van der Waals surface area (Å²) in [5, 5.41) is 32.9. The number of amides is 3. The molecular formula is C84H149FN18O10. The van der Waals surface area contributed by atoms with Crippen LogP contribution >= 0.6 is 0 Å². The average Bonchev–Trinajstić information content (AvgIpc) is 0.820. The Morgan fingerprint density at radius 2 is 0.814 bits per heavy atom. The fraction of sp³-hybridized carbons (Fsp3) is 0.774. The van der Waals surface area contributed by atoms with Crippen LogP contribution in [0.3, 0.4) is 0 Å². The van der Waals surface area contributed by atoms with E-state index in [9.17, 15) is 39.0 Å². The summed E-state index contributed by atoms with van der Waals surface area (Å²) in [6, 6.07) is 11.4. The van der Waals surface area contributed by atoms with Crippen molar-refractivity contribution in [1.82, 2.24) is 54.6 Å². The van der Waals surface area contributed by atoms with Gasteiger partial charge in [0.25, 0.3) is 0 Å². The maximum atomic E-state index is 12.1. The minimum atomic E-state index is -0.681. The van der Waals surface area contributed by atoms with Gasteiger partial charge in [0.2, 0.25) is 0 Å². The zero-order valence-corrected chi connectivity index (χ0v) is 74.5. The van der Waals surface area contributed by atoms with Crippen molar-refractivity contribution in [3.63, 3.8) is 0 Å². The van der Waals surface area contributed by atoms with E-state index in [4.69, 9.17) is 30.9 Å². The number of nitrogens with two attached hydrogens (primary N) is 2. The zero-order valence-electron chi connectivity index (χ0n) is 74.5. The molecule has 6 saturated heterocycles. The summed E-state index contributed by atoms with van der Waals surface area (Å²) in [4.78, 5) is 85.8. The van der Waals surface area contributed by atoms with Gasteiger partial charge in [0.15, 0.2) is 18.2 Å². The Labute approximate surface area is 678 Å². The summed E-state index contributed by atoms with van der Waals surface area (Å²) < 4.78 is 28.2. The molecule has 113 heavy (non-hydrogen) atoms. The number of hydrogen-bond acceptors (Lipinski definition) is 23. The van der Waals surface area contributed by atoms with Gasteiger partial charge in [-0.1, -0.05) is 0 Å². The fourth-order valence-corrected chi connectivity index (χ4v) is 13.9. The van der Waals surface area contributed by atoms with Gasteiger partial charge in [-0.2, -0.15) is 5.26 Å². The van der Waals surface area contributed by atoms with Crippen molar-refractivity contribution in [3.8, 4) is 6.07 Å². The molecule has 0 radical (unpaired) electrons. The summed E-state index contributed by atoms with van der Waals surface area (Å²) in [7, 11) is 17.1. The van der Waals surface area contributed by atoms with Crippen molar-refractivity contribution >= 4 is 47.1 Å². The number of nitrogen functional groups attached to an aromatic ring is 1. The summed E-state index contributed by atoms with van der Waals surface area (Å²) in [5.74, 6) is 2.42. The number of nitriles is 1. The van der Waals surface area contributed by atoms with Crippen molar-refractivity contribution in [3.05, 3.63) is 81.0 Å². The van der Waals surface area contributed by atoms with Gasteiger partial charge in [0.05, 0.1) is 29.6 Å². The number of nitro groups is 2. The molecule has 6 unspecified atom stereocenters. The molecule has 9 heterocycles. The van der Waals surface area contributed by atoms with Crippen LogP contribution in [0.15, 0.2) is 55.0 Å². The topological polar surface area (TPSA) is 321 Å². The highest BCUT2D eigenvalue weighted by Gasteiger charge is 2.41. The lowest BCUT2D eigenvalue weighted by molar-refractivity contribution is -0.389. The fourth-order valence-electron chi connectivity index (χ4n) is 13.9. The highest BCUT2D eigenvalue weighted by atomic mass is 19.1. The number of halogens is 1. The predicted octanol–water partition coefficient (Wildman–Crippen LogP) is 14.7. The van der Waals surface area contributed by atoms with Crippen LogP contribution in [-0.2, 0) is 14.2 Å². The molecule has 6 atom stereocenters. The van der Waals surface area contributed by atoms with E-state index in [-0.39, 0.29) is 58.0 Å².